The van der Waals surface area contributed by atoms with E-state index in [0.717, 1.165) is 13.1 Å². The van der Waals surface area contributed by atoms with E-state index in [1.165, 1.54) is 11.1 Å². The van der Waals surface area contributed by atoms with Crippen LogP contribution in [0.1, 0.15) is 27.7 Å². The van der Waals surface area contributed by atoms with Gasteiger partial charge in [0, 0.05) is 39.4 Å². The Morgan fingerprint density at radius 2 is 1.46 bits per heavy atom. The van der Waals surface area contributed by atoms with Gasteiger partial charge in [0.05, 0.1) is 11.7 Å². The van der Waals surface area contributed by atoms with Crippen LogP contribution in [-0.4, -0.2) is 51.7 Å². The summed E-state index contributed by atoms with van der Waals surface area (Å²) in [6, 6.07) is 21.3. The van der Waals surface area contributed by atoms with Gasteiger partial charge in [-0.2, -0.15) is 5.10 Å². The van der Waals surface area contributed by atoms with Gasteiger partial charge >= 0.3 is 0 Å². The molecule has 0 bridgehead atoms. The van der Waals surface area contributed by atoms with Gasteiger partial charge in [-0.25, -0.2) is 0 Å². The Balaban J connectivity index is 1.52. The summed E-state index contributed by atoms with van der Waals surface area (Å²) in [5.41, 5.74) is 9.25. The van der Waals surface area contributed by atoms with Crippen molar-refractivity contribution in [3.05, 3.63) is 83.7 Å². The molecule has 0 saturated carbocycles. The molecule has 6 heteroatoms. The molecular formula is C22H25N5O. The van der Waals surface area contributed by atoms with Crippen LogP contribution in [0.3, 0.4) is 0 Å². The van der Waals surface area contributed by atoms with Crippen molar-refractivity contribution in [2.45, 2.75) is 6.04 Å². The Morgan fingerprint density at radius 3 is 1.93 bits per heavy atom. The number of aromatic nitrogens is 2. The molecule has 2 heterocycles. The Labute approximate surface area is 165 Å². The third kappa shape index (κ3) is 3.64. The second kappa shape index (κ2) is 7.86. The zero-order valence-electron chi connectivity index (χ0n) is 16.0. The Morgan fingerprint density at radius 1 is 0.929 bits per heavy atom. The quantitative estimate of drug-likeness (QED) is 0.761. The lowest BCUT2D eigenvalue weighted by molar-refractivity contribution is 0.0592. The lowest BCUT2D eigenvalue weighted by Crippen LogP contribution is -2.50. The third-order valence-electron chi connectivity index (χ3n) is 5.26. The number of amides is 1. The molecule has 2 N–H and O–H groups in total. The topological polar surface area (TPSA) is 67.4 Å². The number of carbonyl (C=O) groups is 1. The molecule has 6 nitrogen and oxygen atoms in total. The molecule has 1 amide bonds. The van der Waals surface area contributed by atoms with E-state index in [1.807, 2.05) is 17.0 Å². The number of nitrogens with zero attached hydrogens (tertiary/aromatic N) is 4. The molecule has 2 aromatic carbocycles. The first kappa shape index (κ1) is 18.3. The molecular weight excluding hydrogens is 350 g/mol. The van der Waals surface area contributed by atoms with Crippen molar-refractivity contribution in [1.29, 1.82) is 0 Å². The van der Waals surface area contributed by atoms with Crippen LogP contribution in [-0.2, 0) is 7.05 Å². The SMILES string of the molecule is Cn1cc(N)c(C(=O)N2CCN(C(c3ccccc3)c3ccccc3)CC2)n1. The van der Waals surface area contributed by atoms with Crippen LogP contribution in [0.4, 0.5) is 5.69 Å². The number of aryl methyl sites for hydroxylation is 1. The molecule has 0 unspecified atom stereocenters. The third-order valence-corrected chi connectivity index (χ3v) is 5.26. The van der Waals surface area contributed by atoms with Crippen molar-refractivity contribution in [1.82, 2.24) is 19.6 Å². The van der Waals surface area contributed by atoms with E-state index in [0.29, 0.717) is 24.5 Å². The molecule has 0 atom stereocenters. The Hall–Kier alpha value is -3.12. The number of carbonyl (C=O) groups excluding carboxylic acids is 1. The number of rotatable bonds is 4. The van der Waals surface area contributed by atoms with Crippen molar-refractivity contribution in [3.63, 3.8) is 0 Å². The predicted molar refractivity (Wildman–Crippen MR) is 110 cm³/mol. The average molecular weight is 375 g/mol. The van der Waals surface area contributed by atoms with Gasteiger partial charge in [-0.15, -0.1) is 0 Å². The number of hydrogen-bond acceptors (Lipinski definition) is 4. The van der Waals surface area contributed by atoms with Crippen molar-refractivity contribution >= 4 is 11.6 Å². The predicted octanol–water partition coefficient (Wildman–Crippen LogP) is 2.55. The van der Waals surface area contributed by atoms with Gasteiger partial charge in [0.25, 0.3) is 5.91 Å². The van der Waals surface area contributed by atoms with Crippen molar-refractivity contribution in [2.75, 3.05) is 31.9 Å². The van der Waals surface area contributed by atoms with Gasteiger partial charge in [-0.3, -0.25) is 14.4 Å². The van der Waals surface area contributed by atoms with Crippen LogP contribution in [0.15, 0.2) is 66.9 Å². The zero-order valence-corrected chi connectivity index (χ0v) is 16.0. The molecule has 0 spiro atoms. The minimum absolute atomic E-state index is 0.0891. The number of nitrogens with two attached hydrogens (primary N) is 1. The average Bonchev–Trinajstić information content (AvgIpc) is 3.08. The number of anilines is 1. The highest BCUT2D eigenvalue weighted by Crippen LogP contribution is 2.29. The molecule has 144 valence electrons. The molecule has 3 aromatic rings. The van der Waals surface area contributed by atoms with Gasteiger partial charge in [-0.1, -0.05) is 60.7 Å². The molecule has 1 aliphatic heterocycles. The normalized spacial score (nSPS) is 15.1. The summed E-state index contributed by atoms with van der Waals surface area (Å²) < 4.78 is 1.58. The van der Waals surface area contributed by atoms with Crippen LogP contribution >= 0.6 is 0 Å². The highest BCUT2D eigenvalue weighted by atomic mass is 16.2. The largest absolute Gasteiger partial charge is 0.396 e. The fraction of sp³-hybridized carbons (Fsp3) is 0.273. The van der Waals surface area contributed by atoms with Gasteiger partial charge in [-0.05, 0) is 11.1 Å². The van der Waals surface area contributed by atoms with Gasteiger partial charge in [0.15, 0.2) is 5.69 Å². The summed E-state index contributed by atoms with van der Waals surface area (Å²) in [6.07, 6.45) is 1.67. The van der Waals surface area contributed by atoms with Crippen LogP contribution in [0.2, 0.25) is 0 Å². The first-order chi connectivity index (χ1) is 13.6. The minimum atomic E-state index is -0.0891. The van der Waals surface area contributed by atoms with Crippen LogP contribution < -0.4 is 5.73 Å². The van der Waals surface area contributed by atoms with Gasteiger partial charge in [0.1, 0.15) is 0 Å². The number of hydrogen-bond donors (Lipinski definition) is 1. The number of nitrogen functional groups attached to an aromatic ring is 1. The second-order valence-electron chi connectivity index (χ2n) is 7.16. The number of benzene rings is 2. The summed E-state index contributed by atoms with van der Waals surface area (Å²) in [7, 11) is 1.77. The van der Waals surface area contributed by atoms with Gasteiger partial charge < -0.3 is 10.6 Å². The molecule has 1 aromatic heterocycles. The lowest BCUT2D eigenvalue weighted by Gasteiger charge is -2.39. The van der Waals surface area contributed by atoms with E-state index in [9.17, 15) is 4.79 Å². The van der Waals surface area contributed by atoms with Crippen molar-refractivity contribution in [2.24, 2.45) is 7.05 Å². The fourth-order valence-corrected chi connectivity index (χ4v) is 3.89. The highest BCUT2D eigenvalue weighted by molar-refractivity contribution is 5.97. The monoisotopic (exact) mass is 375 g/mol. The first-order valence-corrected chi connectivity index (χ1v) is 9.56. The fourth-order valence-electron chi connectivity index (χ4n) is 3.89. The molecule has 28 heavy (non-hydrogen) atoms. The van der Waals surface area contributed by atoms with E-state index in [-0.39, 0.29) is 11.9 Å². The molecule has 1 aliphatic rings. The molecule has 1 fully saturated rings. The van der Waals surface area contributed by atoms with Crippen molar-refractivity contribution in [3.8, 4) is 0 Å². The van der Waals surface area contributed by atoms with Crippen LogP contribution in [0.5, 0.6) is 0 Å². The number of piperazine rings is 1. The maximum absolute atomic E-state index is 12.8. The Bertz CT molecular complexity index is 891. The van der Waals surface area contributed by atoms with Crippen molar-refractivity contribution < 1.29 is 4.79 Å². The Kier molecular flexibility index (Phi) is 5.12. The summed E-state index contributed by atoms with van der Waals surface area (Å²) >= 11 is 0. The van der Waals surface area contributed by atoms with Crippen LogP contribution in [0.25, 0.3) is 0 Å². The maximum Gasteiger partial charge on any atom is 0.276 e. The summed E-state index contributed by atoms with van der Waals surface area (Å²) in [6.45, 7) is 2.91. The first-order valence-electron chi connectivity index (χ1n) is 9.56. The maximum atomic E-state index is 12.8. The lowest BCUT2D eigenvalue weighted by atomic mass is 9.96. The van der Waals surface area contributed by atoms with E-state index < -0.39 is 0 Å². The molecule has 0 aliphatic carbocycles. The summed E-state index contributed by atoms with van der Waals surface area (Å²) in [5.74, 6) is -0.0891. The van der Waals surface area contributed by atoms with E-state index in [2.05, 4.69) is 58.5 Å². The van der Waals surface area contributed by atoms with Gasteiger partial charge in [0.2, 0.25) is 0 Å². The standard InChI is InChI=1S/C22H25N5O/c1-25-16-19(23)20(24-25)22(28)27-14-12-26(13-15-27)21(17-8-4-2-5-9-17)18-10-6-3-7-11-18/h2-11,16,21H,12-15,23H2,1H3. The smallest absolute Gasteiger partial charge is 0.276 e. The van der Waals surface area contributed by atoms with E-state index >= 15 is 0 Å². The molecule has 0 radical (unpaired) electrons. The van der Waals surface area contributed by atoms with E-state index in [1.54, 1.807) is 17.9 Å². The molecule has 4 rings (SSSR count). The van der Waals surface area contributed by atoms with E-state index in [4.69, 9.17) is 5.73 Å². The summed E-state index contributed by atoms with van der Waals surface area (Å²) in [4.78, 5) is 17.1. The highest BCUT2D eigenvalue weighted by Gasteiger charge is 2.29. The minimum Gasteiger partial charge on any atom is -0.396 e. The second-order valence-corrected chi connectivity index (χ2v) is 7.16. The zero-order chi connectivity index (χ0) is 19.5. The summed E-state index contributed by atoms with van der Waals surface area (Å²) in [5, 5.41) is 4.22. The molecule has 1 saturated heterocycles. The van der Waals surface area contributed by atoms with Crippen LogP contribution in [0, 0.1) is 0 Å².